The van der Waals surface area contributed by atoms with Crippen LogP contribution < -0.4 is 5.32 Å². The number of carbonyl (C=O) groups is 1. The molecule has 0 fully saturated rings. The minimum atomic E-state index is -4.90. The lowest BCUT2D eigenvalue weighted by Gasteiger charge is -2.31. The molecule has 0 spiro atoms. The molecule has 2 rings (SSSR count). The number of benzene rings is 1. The maximum atomic E-state index is 13.8. The van der Waals surface area contributed by atoms with Crippen molar-refractivity contribution in [3.8, 4) is 0 Å². The number of dihydropyridines is 1. The van der Waals surface area contributed by atoms with Crippen molar-refractivity contribution in [1.82, 2.24) is 5.32 Å². The van der Waals surface area contributed by atoms with Crippen LogP contribution in [0.2, 0.25) is 0 Å². The van der Waals surface area contributed by atoms with Crippen LogP contribution in [0, 0.1) is 17.8 Å². The molecule has 1 atom stereocenters. The third-order valence-electron chi connectivity index (χ3n) is 4.51. The molecule has 0 radical (unpaired) electrons. The van der Waals surface area contributed by atoms with Gasteiger partial charge in [-0.3, -0.25) is 0 Å². The maximum Gasteiger partial charge on any atom is 0.416 e. The predicted molar refractivity (Wildman–Crippen MR) is 106 cm³/mol. The molecule has 0 aromatic heterocycles. The van der Waals surface area contributed by atoms with Gasteiger partial charge in [0.25, 0.3) is 0 Å². The molecule has 0 aliphatic carbocycles. The van der Waals surface area contributed by atoms with Crippen molar-refractivity contribution in [1.29, 1.82) is 0 Å². The molecule has 1 heterocycles. The van der Waals surface area contributed by atoms with Crippen molar-refractivity contribution in [3.63, 3.8) is 0 Å². The predicted octanol–water partition coefficient (Wildman–Crippen LogP) is 5.17. The molecule has 1 unspecified atom stereocenters. The van der Waals surface area contributed by atoms with E-state index in [1.807, 2.05) is 20.8 Å². The Morgan fingerprint density at radius 2 is 1.90 bits per heavy atom. The second kappa shape index (κ2) is 9.10. The van der Waals surface area contributed by atoms with Gasteiger partial charge < -0.3 is 14.8 Å². The molecule has 0 saturated heterocycles. The number of esters is 1. The van der Waals surface area contributed by atoms with E-state index in [9.17, 15) is 22.4 Å². The Kier molecular flexibility index (Phi) is 7.17. The average Bonchev–Trinajstić information content (AvgIpc) is 2.64. The van der Waals surface area contributed by atoms with E-state index in [1.54, 1.807) is 0 Å². The Morgan fingerprint density at radius 3 is 2.42 bits per heavy atom. The lowest BCUT2D eigenvalue weighted by molar-refractivity contribution is -0.143. The van der Waals surface area contributed by atoms with Crippen LogP contribution in [0.15, 0.2) is 40.9 Å². The third-order valence-corrected chi connectivity index (χ3v) is 4.51. The minimum Gasteiger partial charge on any atom is -0.462 e. The van der Waals surface area contributed by atoms with Crippen molar-refractivity contribution in [2.45, 2.75) is 39.8 Å². The van der Waals surface area contributed by atoms with E-state index in [1.165, 1.54) is 14.0 Å². The van der Waals surface area contributed by atoms with Crippen LogP contribution in [0.25, 0.3) is 4.85 Å². The van der Waals surface area contributed by atoms with Gasteiger partial charge >= 0.3 is 12.1 Å². The molecule has 1 aromatic carbocycles. The van der Waals surface area contributed by atoms with E-state index < -0.39 is 40.4 Å². The van der Waals surface area contributed by atoms with Crippen molar-refractivity contribution in [2.75, 3.05) is 20.3 Å². The summed E-state index contributed by atoms with van der Waals surface area (Å²) >= 11 is 0. The first-order valence-electron chi connectivity index (χ1n) is 9.41. The summed E-state index contributed by atoms with van der Waals surface area (Å²) < 4.78 is 65.5. The molecule has 31 heavy (non-hydrogen) atoms. The van der Waals surface area contributed by atoms with Crippen LogP contribution in [0.4, 0.5) is 17.6 Å². The maximum absolute atomic E-state index is 13.8. The summed E-state index contributed by atoms with van der Waals surface area (Å²) in [6.07, 6.45) is -4.90. The van der Waals surface area contributed by atoms with Crippen molar-refractivity contribution in [3.05, 3.63) is 69.2 Å². The Hall–Kier alpha value is -2.86. The number of carbonyl (C=O) groups excluding carboxylic acids is 1. The quantitative estimate of drug-likeness (QED) is 0.390. The zero-order chi connectivity index (χ0) is 23.6. The highest BCUT2D eigenvalue weighted by Crippen LogP contribution is 2.44. The molecule has 0 bridgehead atoms. The molecule has 0 saturated carbocycles. The van der Waals surface area contributed by atoms with Gasteiger partial charge in [-0.1, -0.05) is 26.8 Å². The van der Waals surface area contributed by atoms with E-state index in [4.69, 9.17) is 16.0 Å². The minimum absolute atomic E-state index is 0.00785. The van der Waals surface area contributed by atoms with Crippen LogP contribution >= 0.6 is 0 Å². The summed E-state index contributed by atoms with van der Waals surface area (Å²) in [5.74, 6) is -3.34. The molecule has 168 valence electrons. The van der Waals surface area contributed by atoms with Gasteiger partial charge in [-0.25, -0.2) is 14.0 Å². The molecule has 9 heteroatoms. The van der Waals surface area contributed by atoms with E-state index in [2.05, 4.69) is 10.2 Å². The number of hydrogen-bond donors (Lipinski definition) is 1. The first-order chi connectivity index (χ1) is 14.3. The van der Waals surface area contributed by atoms with Crippen molar-refractivity contribution >= 4 is 5.97 Å². The largest absolute Gasteiger partial charge is 0.462 e. The molecule has 1 N–H and O–H groups in total. The monoisotopic (exact) mass is 440 g/mol. The van der Waals surface area contributed by atoms with Gasteiger partial charge in [0, 0.05) is 12.8 Å². The van der Waals surface area contributed by atoms with Crippen LogP contribution in [0.5, 0.6) is 0 Å². The van der Waals surface area contributed by atoms with Crippen molar-refractivity contribution < 1.29 is 31.8 Å². The van der Waals surface area contributed by atoms with Gasteiger partial charge in [0.05, 0.1) is 42.5 Å². The summed E-state index contributed by atoms with van der Waals surface area (Å²) in [6, 6.07) is 2.19. The lowest BCUT2D eigenvalue weighted by atomic mass is 9.81. The first-order valence-corrected chi connectivity index (χ1v) is 9.41. The summed E-state index contributed by atoms with van der Waals surface area (Å²) in [6.45, 7) is 14.4. The van der Waals surface area contributed by atoms with Gasteiger partial charge in [0.2, 0.25) is 0 Å². The molecule has 1 aliphatic rings. The second-order valence-corrected chi connectivity index (χ2v) is 8.37. The SMILES string of the molecule is [C-]#[N+]C1=C(C)NC(COC)=C(C(=O)OCC(C)(C)C)C1c1ccc(F)cc1C(F)(F)F. The molecule has 0 amide bonds. The fourth-order valence-corrected chi connectivity index (χ4v) is 3.22. The standard InChI is InChI=1S/C22H24F4N2O3/c1-12-19(27-5)17(14-8-7-13(23)9-15(14)22(24,25)26)18(16(28-12)10-30-6)20(29)31-11-21(2,3)4/h7-9,17,28H,10-11H2,1-4,6H3. The lowest BCUT2D eigenvalue weighted by Crippen LogP contribution is -2.33. The highest BCUT2D eigenvalue weighted by atomic mass is 19.4. The molecular formula is C22H24F4N2O3. The molecule has 1 aliphatic heterocycles. The fraction of sp³-hybridized carbons (Fsp3) is 0.455. The smallest absolute Gasteiger partial charge is 0.416 e. The number of alkyl halides is 3. The average molecular weight is 440 g/mol. The van der Waals surface area contributed by atoms with Crippen LogP contribution in [0.1, 0.15) is 44.7 Å². The Labute approximate surface area is 178 Å². The number of halogens is 4. The van der Waals surface area contributed by atoms with Crippen molar-refractivity contribution in [2.24, 2.45) is 5.41 Å². The molecule has 1 aromatic rings. The number of rotatable bonds is 5. The number of nitrogens with one attached hydrogen (secondary N) is 1. The van der Waals surface area contributed by atoms with E-state index in [0.29, 0.717) is 6.07 Å². The van der Waals surface area contributed by atoms with Gasteiger partial charge in [0.1, 0.15) is 5.82 Å². The topological polar surface area (TPSA) is 51.9 Å². The highest BCUT2D eigenvalue weighted by Gasteiger charge is 2.42. The van der Waals surface area contributed by atoms with Crippen LogP contribution in [-0.2, 0) is 20.4 Å². The third kappa shape index (κ3) is 5.64. The van der Waals surface area contributed by atoms with Crippen LogP contribution in [0.3, 0.4) is 0 Å². The molecule has 5 nitrogen and oxygen atoms in total. The Morgan fingerprint density at radius 1 is 1.26 bits per heavy atom. The van der Waals surface area contributed by atoms with Gasteiger partial charge in [-0.2, -0.15) is 13.2 Å². The van der Waals surface area contributed by atoms with Gasteiger partial charge in [-0.05, 0) is 30.0 Å². The zero-order valence-corrected chi connectivity index (χ0v) is 17.9. The van der Waals surface area contributed by atoms with E-state index >= 15 is 0 Å². The summed E-state index contributed by atoms with van der Waals surface area (Å²) in [4.78, 5) is 16.4. The fourth-order valence-electron chi connectivity index (χ4n) is 3.22. The molecular weight excluding hydrogens is 416 g/mol. The summed E-state index contributed by atoms with van der Waals surface area (Å²) in [7, 11) is 1.37. The Bertz CT molecular complexity index is 966. The van der Waals surface area contributed by atoms with Gasteiger partial charge in [-0.15, -0.1) is 0 Å². The summed E-state index contributed by atoms with van der Waals surface area (Å²) in [5, 5.41) is 2.88. The first kappa shape index (κ1) is 24.4. The van der Waals surface area contributed by atoms with Crippen LogP contribution in [-0.4, -0.2) is 26.3 Å². The number of methoxy groups -OCH3 is 1. The summed E-state index contributed by atoms with van der Waals surface area (Å²) in [5.41, 5.74) is -1.87. The van der Waals surface area contributed by atoms with E-state index in [0.717, 1.165) is 12.1 Å². The normalized spacial score (nSPS) is 17.4. The number of nitrogens with zero attached hydrogens (tertiary/aromatic N) is 1. The number of hydrogen-bond acceptors (Lipinski definition) is 4. The second-order valence-electron chi connectivity index (χ2n) is 8.37. The number of ether oxygens (including phenoxy) is 2. The highest BCUT2D eigenvalue weighted by molar-refractivity contribution is 5.93. The Balaban J connectivity index is 2.76. The zero-order valence-electron chi connectivity index (χ0n) is 17.9. The number of allylic oxidation sites excluding steroid dienone is 2. The van der Waals surface area contributed by atoms with Gasteiger partial charge in [0.15, 0.2) is 5.70 Å². The van der Waals surface area contributed by atoms with E-state index in [-0.39, 0.29) is 35.9 Å².